The van der Waals surface area contributed by atoms with Gasteiger partial charge in [-0.25, -0.2) is 0 Å². The van der Waals surface area contributed by atoms with E-state index in [0.29, 0.717) is 35.3 Å². The van der Waals surface area contributed by atoms with Crippen molar-refractivity contribution in [2.45, 2.75) is 19.4 Å². The Morgan fingerprint density at radius 3 is 2.41 bits per heavy atom. The number of rotatable bonds is 5. The first-order chi connectivity index (χ1) is 8.06. The fourth-order valence-corrected chi connectivity index (χ4v) is 2.07. The molecule has 0 atom stereocenters. The molecule has 1 aromatic rings. The highest BCUT2D eigenvalue weighted by molar-refractivity contribution is 6.36. The summed E-state index contributed by atoms with van der Waals surface area (Å²) in [5, 5.41) is 1.16. The van der Waals surface area contributed by atoms with E-state index < -0.39 is 0 Å². The molecule has 0 N–H and O–H groups in total. The summed E-state index contributed by atoms with van der Waals surface area (Å²) in [7, 11) is 1.73. The van der Waals surface area contributed by atoms with Crippen LogP contribution in [0.1, 0.15) is 18.4 Å². The van der Waals surface area contributed by atoms with E-state index in [-0.39, 0.29) is 5.91 Å². The summed E-state index contributed by atoms with van der Waals surface area (Å²) in [4.78, 5) is 13.3. The summed E-state index contributed by atoms with van der Waals surface area (Å²) < 4.78 is 0. The molecule has 0 aliphatic rings. The van der Waals surface area contributed by atoms with Crippen LogP contribution in [0.25, 0.3) is 0 Å². The molecule has 0 unspecified atom stereocenters. The number of carbonyl (C=O) groups excluding carboxylic acids is 1. The molecule has 1 amide bonds. The number of carbonyl (C=O) groups is 1. The average molecular weight is 295 g/mol. The predicted molar refractivity (Wildman–Crippen MR) is 72.9 cm³/mol. The Morgan fingerprint density at radius 1 is 1.29 bits per heavy atom. The van der Waals surface area contributed by atoms with Crippen molar-refractivity contribution < 1.29 is 4.79 Å². The lowest BCUT2D eigenvalue weighted by Gasteiger charge is -2.18. The van der Waals surface area contributed by atoms with E-state index in [1.807, 2.05) is 0 Å². The van der Waals surface area contributed by atoms with Gasteiger partial charge in [0.05, 0.1) is 0 Å². The van der Waals surface area contributed by atoms with Gasteiger partial charge in [-0.05, 0) is 18.6 Å². The van der Waals surface area contributed by atoms with Gasteiger partial charge in [0.1, 0.15) is 0 Å². The van der Waals surface area contributed by atoms with Gasteiger partial charge < -0.3 is 4.90 Å². The van der Waals surface area contributed by atoms with Crippen LogP contribution in [0.4, 0.5) is 0 Å². The van der Waals surface area contributed by atoms with Crippen LogP contribution in [-0.4, -0.2) is 23.7 Å². The SMILES string of the molecule is CN(Cc1c(Cl)cccc1Cl)C(=O)CCCCl. The largest absolute Gasteiger partial charge is 0.341 e. The van der Waals surface area contributed by atoms with Gasteiger partial charge in [0.2, 0.25) is 5.91 Å². The number of nitrogens with zero attached hydrogens (tertiary/aromatic N) is 1. The number of halogens is 3. The molecule has 0 aliphatic carbocycles. The van der Waals surface area contributed by atoms with E-state index in [1.54, 1.807) is 30.1 Å². The molecule has 5 heteroatoms. The highest BCUT2D eigenvalue weighted by atomic mass is 35.5. The van der Waals surface area contributed by atoms with E-state index in [0.717, 1.165) is 5.56 Å². The number of benzene rings is 1. The Hall–Kier alpha value is -0.440. The quantitative estimate of drug-likeness (QED) is 0.753. The molecule has 0 saturated carbocycles. The Bertz CT molecular complexity index is 375. The van der Waals surface area contributed by atoms with E-state index in [1.165, 1.54) is 0 Å². The van der Waals surface area contributed by atoms with Crippen molar-refractivity contribution in [3.63, 3.8) is 0 Å². The molecular formula is C12H14Cl3NO. The number of hydrogen-bond donors (Lipinski definition) is 0. The first kappa shape index (κ1) is 14.6. The second kappa shape index (κ2) is 7.10. The van der Waals surface area contributed by atoms with Crippen molar-refractivity contribution in [3.05, 3.63) is 33.8 Å². The summed E-state index contributed by atoms with van der Waals surface area (Å²) in [5.74, 6) is 0.536. The smallest absolute Gasteiger partial charge is 0.222 e. The van der Waals surface area contributed by atoms with E-state index >= 15 is 0 Å². The molecule has 0 bridgehead atoms. The zero-order chi connectivity index (χ0) is 12.8. The summed E-state index contributed by atoms with van der Waals surface area (Å²) in [6.07, 6.45) is 1.13. The van der Waals surface area contributed by atoms with Gasteiger partial charge in [0.15, 0.2) is 0 Å². The summed E-state index contributed by atoms with van der Waals surface area (Å²) in [5.41, 5.74) is 0.776. The Balaban J connectivity index is 2.67. The Labute approximate surface area is 116 Å². The second-order valence-electron chi connectivity index (χ2n) is 3.74. The normalized spacial score (nSPS) is 10.4. The molecule has 0 radical (unpaired) electrons. The molecule has 0 saturated heterocycles. The maximum atomic E-state index is 11.7. The summed E-state index contributed by atoms with van der Waals surface area (Å²) >= 11 is 17.6. The van der Waals surface area contributed by atoms with Gasteiger partial charge in [-0.2, -0.15) is 0 Å². The zero-order valence-electron chi connectivity index (χ0n) is 9.55. The minimum Gasteiger partial charge on any atom is -0.341 e. The van der Waals surface area contributed by atoms with Crippen LogP contribution in [0.5, 0.6) is 0 Å². The topological polar surface area (TPSA) is 20.3 Å². The van der Waals surface area contributed by atoms with Gasteiger partial charge in [-0.3, -0.25) is 4.79 Å². The van der Waals surface area contributed by atoms with Gasteiger partial charge in [-0.1, -0.05) is 29.3 Å². The lowest BCUT2D eigenvalue weighted by atomic mass is 10.2. The monoisotopic (exact) mass is 293 g/mol. The van der Waals surface area contributed by atoms with Crippen molar-refractivity contribution in [2.24, 2.45) is 0 Å². The summed E-state index contributed by atoms with van der Waals surface area (Å²) in [6.45, 7) is 0.416. The third-order valence-corrected chi connectivity index (χ3v) is 3.38. The van der Waals surface area contributed by atoms with Crippen molar-refractivity contribution >= 4 is 40.7 Å². The Morgan fingerprint density at radius 2 is 1.88 bits per heavy atom. The van der Waals surface area contributed by atoms with Crippen LogP contribution in [0.3, 0.4) is 0 Å². The van der Waals surface area contributed by atoms with Gasteiger partial charge in [-0.15, -0.1) is 11.6 Å². The third-order valence-electron chi connectivity index (χ3n) is 2.41. The van der Waals surface area contributed by atoms with Crippen LogP contribution in [0.15, 0.2) is 18.2 Å². The fraction of sp³-hybridized carbons (Fsp3) is 0.417. The second-order valence-corrected chi connectivity index (χ2v) is 4.93. The van der Waals surface area contributed by atoms with Crippen molar-refractivity contribution in [1.29, 1.82) is 0 Å². The molecule has 17 heavy (non-hydrogen) atoms. The number of alkyl halides is 1. The molecule has 0 aromatic heterocycles. The molecule has 1 aromatic carbocycles. The van der Waals surface area contributed by atoms with Crippen LogP contribution in [-0.2, 0) is 11.3 Å². The summed E-state index contributed by atoms with van der Waals surface area (Å²) in [6, 6.07) is 5.31. The number of amides is 1. The van der Waals surface area contributed by atoms with Gasteiger partial charge in [0.25, 0.3) is 0 Å². The lowest BCUT2D eigenvalue weighted by Crippen LogP contribution is -2.26. The highest BCUT2D eigenvalue weighted by Gasteiger charge is 2.12. The lowest BCUT2D eigenvalue weighted by molar-refractivity contribution is -0.130. The maximum absolute atomic E-state index is 11.7. The number of hydrogen-bond acceptors (Lipinski definition) is 1. The van der Waals surface area contributed by atoms with Crippen molar-refractivity contribution in [2.75, 3.05) is 12.9 Å². The molecule has 94 valence electrons. The first-order valence-corrected chi connectivity index (χ1v) is 6.58. The molecule has 2 nitrogen and oxygen atoms in total. The molecular weight excluding hydrogens is 280 g/mol. The van der Waals surface area contributed by atoms with E-state index in [2.05, 4.69) is 0 Å². The van der Waals surface area contributed by atoms with Crippen LogP contribution in [0.2, 0.25) is 10.0 Å². The predicted octanol–water partition coefficient (Wildman–Crippen LogP) is 3.97. The fourth-order valence-electron chi connectivity index (χ4n) is 1.42. The molecule has 0 heterocycles. The van der Waals surface area contributed by atoms with Gasteiger partial charge in [0, 0.05) is 41.5 Å². The minimum absolute atomic E-state index is 0.0432. The van der Waals surface area contributed by atoms with E-state index in [4.69, 9.17) is 34.8 Å². The van der Waals surface area contributed by atoms with E-state index in [9.17, 15) is 4.79 Å². The zero-order valence-corrected chi connectivity index (χ0v) is 11.8. The minimum atomic E-state index is 0.0432. The molecule has 0 aliphatic heterocycles. The standard InChI is InChI=1S/C12H14Cl3NO/c1-16(12(17)6-3-7-13)8-9-10(14)4-2-5-11(9)15/h2,4-5H,3,6-8H2,1H3. The third kappa shape index (κ3) is 4.38. The van der Waals surface area contributed by atoms with Crippen LogP contribution >= 0.6 is 34.8 Å². The van der Waals surface area contributed by atoms with Crippen molar-refractivity contribution in [1.82, 2.24) is 4.90 Å². The highest BCUT2D eigenvalue weighted by Crippen LogP contribution is 2.25. The Kier molecular flexibility index (Phi) is 6.10. The van der Waals surface area contributed by atoms with Crippen LogP contribution < -0.4 is 0 Å². The van der Waals surface area contributed by atoms with Gasteiger partial charge >= 0.3 is 0 Å². The molecule has 0 spiro atoms. The maximum Gasteiger partial charge on any atom is 0.222 e. The molecule has 0 fully saturated rings. The van der Waals surface area contributed by atoms with Crippen molar-refractivity contribution in [3.8, 4) is 0 Å². The molecule has 1 rings (SSSR count). The van der Waals surface area contributed by atoms with Crippen LogP contribution in [0, 0.1) is 0 Å². The average Bonchev–Trinajstić information content (AvgIpc) is 2.30. The first-order valence-electron chi connectivity index (χ1n) is 5.29.